The van der Waals surface area contributed by atoms with Crippen molar-refractivity contribution in [2.24, 2.45) is 0 Å². The highest BCUT2D eigenvalue weighted by molar-refractivity contribution is 6.03. The smallest absolute Gasteiger partial charge is 0.141 e. The molecule has 4 heterocycles. The number of ether oxygens (including phenoxy) is 1. The third-order valence-electron chi connectivity index (χ3n) is 5.83. The molecule has 0 saturated carbocycles. The van der Waals surface area contributed by atoms with Crippen LogP contribution in [0.3, 0.4) is 0 Å². The van der Waals surface area contributed by atoms with E-state index in [1.807, 2.05) is 25.1 Å². The van der Waals surface area contributed by atoms with Crippen LogP contribution < -0.4 is 4.90 Å². The summed E-state index contributed by atoms with van der Waals surface area (Å²) < 4.78 is 20.2. The zero-order valence-corrected chi connectivity index (χ0v) is 17.8. The molecule has 1 atom stereocenters. The Morgan fingerprint density at radius 1 is 1.28 bits per heavy atom. The highest BCUT2D eigenvalue weighted by Crippen LogP contribution is 2.37. The van der Waals surface area contributed by atoms with Gasteiger partial charge >= 0.3 is 0 Å². The summed E-state index contributed by atoms with van der Waals surface area (Å²) in [5, 5.41) is 17.1. The molecule has 3 aromatic heterocycles. The van der Waals surface area contributed by atoms with E-state index in [9.17, 15) is 4.39 Å². The van der Waals surface area contributed by atoms with E-state index in [2.05, 4.69) is 27.0 Å². The van der Waals surface area contributed by atoms with Crippen LogP contribution in [0.2, 0.25) is 0 Å². The second-order valence-electron chi connectivity index (χ2n) is 7.94. The molecule has 7 nitrogen and oxygen atoms in total. The molecular weight excluding hydrogens is 407 g/mol. The highest BCUT2D eigenvalue weighted by atomic mass is 19.1. The number of hydrogen-bond acceptors (Lipinski definition) is 6. The van der Waals surface area contributed by atoms with Crippen molar-refractivity contribution < 1.29 is 9.13 Å². The van der Waals surface area contributed by atoms with Crippen molar-refractivity contribution in [2.45, 2.75) is 19.9 Å². The number of morpholine rings is 1. The number of nitrogens with zero attached hydrogens (tertiary/aromatic N) is 5. The number of nitrogens with one attached hydrogen (secondary N) is 1. The van der Waals surface area contributed by atoms with E-state index in [0.717, 1.165) is 28.0 Å². The maximum atomic E-state index is 14.6. The number of aromatic nitrogens is 4. The molecule has 4 aromatic rings. The van der Waals surface area contributed by atoms with Crippen LogP contribution in [0.4, 0.5) is 10.2 Å². The van der Waals surface area contributed by atoms with Gasteiger partial charge in [-0.3, -0.25) is 10.1 Å². The second-order valence-corrected chi connectivity index (χ2v) is 7.94. The number of rotatable bonds is 3. The average molecular weight is 428 g/mol. The molecule has 32 heavy (non-hydrogen) atoms. The Kier molecular flexibility index (Phi) is 5.04. The molecule has 1 saturated heterocycles. The van der Waals surface area contributed by atoms with Gasteiger partial charge in [0.2, 0.25) is 0 Å². The number of fused-ring (bicyclic) bond motifs is 1. The lowest BCUT2D eigenvalue weighted by Gasteiger charge is -2.34. The van der Waals surface area contributed by atoms with Crippen LogP contribution in [0.25, 0.3) is 33.4 Å². The summed E-state index contributed by atoms with van der Waals surface area (Å²) >= 11 is 0. The van der Waals surface area contributed by atoms with E-state index in [1.54, 1.807) is 18.5 Å². The van der Waals surface area contributed by atoms with Gasteiger partial charge in [-0.25, -0.2) is 9.37 Å². The first-order chi connectivity index (χ1) is 15.6. The monoisotopic (exact) mass is 428 g/mol. The fraction of sp³-hybridized carbons (Fsp3) is 0.250. The fourth-order valence-electron chi connectivity index (χ4n) is 4.19. The molecule has 0 radical (unpaired) electrons. The van der Waals surface area contributed by atoms with Crippen LogP contribution in [0, 0.1) is 24.1 Å². The van der Waals surface area contributed by atoms with Crippen molar-refractivity contribution in [3.8, 4) is 28.6 Å². The molecule has 0 amide bonds. The van der Waals surface area contributed by atoms with Crippen molar-refractivity contribution in [3.63, 3.8) is 0 Å². The van der Waals surface area contributed by atoms with Gasteiger partial charge in [0.05, 0.1) is 30.5 Å². The van der Waals surface area contributed by atoms with Gasteiger partial charge in [0.1, 0.15) is 28.9 Å². The number of anilines is 1. The molecule has 0 spiro atoms. The van der Waals surface area contributed by atoms with Gasteiger partial charge in [-0.15, -0.1) is 0 Å². The Labute approximate surface area is 184 Å². The minimum atomic E-state index is -0.545. The van der Waals surface area contributed by atoms with Crippen LogP contribution in [0.15, 0.2) is 42.7 Å². The fourth-order valence-corrected chi connectivity index (χ4v) is 4.19. The lowest BCUT2D eigenvalue weighted by atomic mass is 9.96. The predicted octanol–water partition coefficient (Wildman–Crippen LogP) is 4.23. The molecular formula is C24H21FN6O. The molecule has 5 rings (SSSR count). The maximum Gasteiger partial charge on any atom is 0.141 e. The number of benzene rings is 1. The van der Waals surface area contributed by atoms with Gasteiger partial charge in [0, 0.05) is 24.3 Å². The summed E-state index contributed by atoms with van der Waals surface area (Å²) in [5.74, 6) is 0.234. The number of pyridine rings is 2. The van der Waals surface area contributed by atoms with Gasteiger partial charge in [-0.05, 0) is 54.8 Å². The van der Waals surface area contributed by atoms with Crippen molar-refractivity contribution in [3.05, 3.63) is 59.7 Å². The summed E-state index contributed by atoms with van der Waals surface area (Å²) in [7, 11) is 0. The number of nitriles is 1. The van der Waals surface area contributed by atoms with Crippen LogP contribution in [-0.2, 0) is 4.74 Å². The Morgan fingerprint density at radius 3 is 2.88 bits per heavy atom. The molecule has 8 heteroatoms. The van der Waals surface area contributed by atoms with Gasteiger partial charge in [0.25, 0.3) is 0 Å². The summed E-state index contributed by atoms with van der Waals surface area (Å²) in [6.07, 6.45) is 3.47. The van der Waals surface area contributed by atoms with Crippen LogP contribution in [-0.4, -0.2) is 46.0 Å². The van der Waals surface area contributed by atoms with E-state index in [-0.39, 0.29) is 11.6 Å². The molecule has 160 valence electrons. The second kappa shape index (κ2) is 8.02. The Morgan fingerprint density at radius 2 is 2.16 bits per heavy atom. The van der Waals surface area contributed by atoms with E-state index >= 15 is 0 Å². The zero-order valence-electron chi connectivity index (χ0n) is 17.8. The number of aryl methyl sites for hydroxylation is 1. The third kappa shape index (κ3) is 3.37. The maximum absolute atomic E-state index is 14.6. The van der Waals surface area contributed by atoms with Gasteiger partial charge in [0.15, 0.2) is 0 Å². The van der Waals surface area contributed by atoms with E-state index in [4.69, 9.17) is 15.0 Å². The quantitative estimate of drug-likeness (QED) is 0.525. The summed E-state index contributed by atoms with van der Waals surface area (Å²) in [6, 6.07) is 10.6. The number of aromatic amines is 1. The van der Waals surface area contributed by atoms with Crippen LogP contribution >= 0.6 is 0 Å². The zero-order chi connectivity index (χ0) is 22.2. The lowest BCUT2D eigenvalue weighted by Crippen LogP contribution is -2.44. The number of halogens is 1. The van der Waals surface area contributed by atoms with Crippen LogP contribution in [0.1, 0.15) is 18.1 Å². The molecule has 1 aliphatic rings. The minimum absolute atomic E-state index is 0.0191. The average Bonchev–Trinajstić information content (AvgIpc) is 3.33. The van der Waals surface area contributed by atoms with Gasteiger partial charge < -0.3 is 9.64 Å². The first-order valence-corrected chi connectivity index (χ1v) is 10.4. The van der Waals surface area contributed by atoms with E-state index in [1.165, 1.54) is 12.1 Å². The topological polar surface area (TPSA) is 90.7 Å². The largest absolute Gasteiger partial charge is 0.377 e. The predicted molar refractivity (Wildman–Crippen MR) is 120 cm³/mol. The Bertz CT molecular complexity index is 1350. The number of H-pyrrole nitrogens is 1. The lowest BCUT2D eigenvalue weighted by molar-refractivity contribution is 0.0986. The molecule has 0 aliphatic carbocycles. The molecule has 0 unspecified atom stereocenters. The summed E-state index contributed by atoms with van der Waals surface area (Å²) in [5.41, 5.74) is 4.62. The van der Waals surface area contributed by atoms with Crippen molar-refractivity contribution in [2.75, 3.05) is 24.7 Å². The first kappa shape index (κ1) is 20.1. The summed E-state index contributed by atoms with van der Waals surface area (Å²) in [6.45, 7) is 5.99. The van der Waals surface area contributed by atoms with Gasteiger partial charge in [-0.2, -0.15) is 10.4 Å². The summed E-state index contributed by atoms with van der Waals surface area (Å²) in [4.78, 5) is 11.9. The molecule has 1 N–H and O–H groups in total. The third-order valence-corrected chi connectivity index (χ3v) is 5.83. The molecule has 1 aromatic carbocycles. The van der Waals surface area contributed by atoms with Gasteiger partial charge in [-0.1, -0.05) is 6.07 Å². The molecule has 0 bridgehead atoms. The highest BCUT2D eigenvalue weighted by Gasteiger charge is 2.24. The van der Waals surface area contributed by atoms with Crippen LogP contribution in [0.5, 0.6) is 0 Å². The normalized spacial score (nSPS) is 16.3. The molecule has 1 fully saturated rings. The molecule has 1 aliphatic heterocycles. The van der Waals surface area contributed by atoms with E-state index in [0.29, 0.717) is 36.5 Å². The number of hydrogen-bond donors (Lipinski definition) is 1. The Balaban J connectivity index is 1.82. The first-order valence-electron chi connectivity index (χ1n) is 10.4. The SMILES string of the molecule is Cc1cnc(-c2ccn[nH]2)c2nc(N3CCOC[C@H]3C)cc(-c3ccc(C#N)c(F)c3)c12. The Hall–Kier alpha value is -3.83. The van der Waals surface area contributed by atoms with Crippen molar-refractivity contribution in [1.82, 2.24) is 20.2 Å². The van der Waals surface area contributed by atoms with Crippen molar-refractivity contribution >= 4 is 16.7 Å². The van der Waals surface area contributed by atoms with E-state index < -0.39 is 5.82 Å². The standard InChI is InChI=1S/C24H21FN6O/c1-14-12-27-23(20-5-6-28-30-20)24-22(14)18(16-3-4-17(11-26)19(25)9-16)10-21(29-24)31-7-8-32-13-15(31)2/h3-6,9-10,12,15H,7-8,13H2,1-2H3,(H,28,30)/t15-/m1/s1. The minimum Gasteiger partial charge on any atom is -0.377 e. The van der Waals surface area contributed by atoms with Crippen molar-refractivity contribution in [1.29, 1.82) is 5.26 Å².